The van der Waals surface area contributed by atoms with Crippen LogP contribution < -0.4 is 4.74 Å². The van der Waals surface area contributed by atoms with E-state index in [1.165, 1.54) is 24.0 Å². The molecule has 1 heterocycles. The monoisotopic (exact) mass is 230 g/mol. The van der Waals surface area contributed by atoms with Crippen LogP contribution in [0.1, 0.15) is 31.2 Å². The zero-order chi connectivity index (χ0) is 11.7. The Labute approximate surface area is 102 Å². The molecule has 0 fully saturated rings. The highest BCUT2D eigenvalue weighted by atomic mass is 16.5. The van der Waals surface area contributed by atoms with Gasteiger partial charge in [-0.1, -0.05) is 24.3 Å². The predicted molar refractivity (Wildman–Crippen MR) is 67.1 cm³/mol. The molecule has 1 aromatic rings. The number of hydrogen-bond donors (Lipinski definition) is 1. The summed E-state index contributed by atoms with van der Waals surface area (Å²) in [5, 5.41) is 10.4. The minimum Gasteiger partial charge on any atom is -0.487 e. The van der Waals surface area contributed by atoms with Crippen molar-refractivity contribution in [1.29, 1.82) is 0 Å². The van der Waals surface area contributed by atoms with Gasteiger partial charge in [-0.3, -0.25) is 0 Å². The summed E-state index contributed by atoms with van der Waals surface area (Å²) < 4.78 is 5.83. The number of para-hydroxylation sites is 1. The van der Waals surface area contributed by atoms with Crippen LogP contribution in [0, 0.1) is 0 Å². The quantitative estimate of drug-likeness (QED) is 0.792. The van der Waals surface area contributed by atoms with Gasteiger partial charge >= 0.3 is 0 Å². The Balaban J connectivity index is 1.73. The number of allylic oxidation sites excluding steroid dienone is 1. The van der Waals surface area contributed by atoms with E-state index < -0.39 is 6.10 Å². The fourth-order valence-electron chi connectivity index (χ4n) is 2.76. The summed E-state index contributed by atoms with van der Waals surface area (Å²) in [7, 11) is 0. The van der Waals surface area contributed by atoms with Gasteiger partial charge in [0.25, 0.3) is 0 Å². The van der Waals surface area contributed by atoms with E-state index in [1.807, 2.05) is 18.2 Å². The number of aliphatic hydroxyl groups excluding tert-OH is 1. The second-order valence-electron chi connectivity index (χ2n) is 4.94. The Morgan fingerprint density at radius 1 is 1.24 bits per heavy atom. The number of aliphatic hydroxyl groups is 1. The Bertz CT molecular complexity index is 411. The molecule has 2 nitrogen and oxygen atoms in total. The van der Waals surface area contributed by atoms with Crippen LogP contribution in [0.3, 0.4) is 0 Å². The van der Waals surface area contributed by atoms with E-state index in [2.05, 4.69) is 12.1 Å². The van der Waals surface area contributed by atoms with Crippen molar-refractivity contribution >= 4 is 0 Å². The molecule has 1 aromatic carbocycles. The van der Waals surface area contributed by atoms with E-state index in [9.17, 15) is 5.11 Å². The van der Waals surface area contributed by atoms with E-state index in [4.69, 9.17) is 4.74 Å². The van der Waals surface area contributed by atoms with Gasteiger partial charge in [0.2, 0.25) is 0 Å². The van der Waals surface area contributed by atoms with Crippen LogP contribution in [0.25, 0.3) is 0 Å². The first-order valence-electron chi connectivity index (χ1n) is 6.46. The average Bonchev–Trinajstić information content (AvgIpc) is 2.82. The smallest absolute Gasteiger partial charge is 0.132 e. The third-order valence-electron chi connectivity index (χ3n) is 3.73. The highest BCUT2D eigenvalue weighted by Crippen LogP contribution is 2.32. The van der Waals surface area contributed by atoms with Gasteiger partial charge < -0.3 is 9.84 Å². The first-order valence-corrected chi connectivity index (χ1v) is 6.46. The molecule has 0 saturated heterocycles. The van der Waals surface area contributed by atoms with Gasteiger partial charge in [0.05, 0.1) is 0 Å². The number of fused-ring (bicyclic) bond motifs is 1. The highest BCUT2D eigenvalue weighted by Gasteiger charge is 2.31. The summed E-state index contributed by atoms with van der Waals surface area (Å²) in [5.74, 6) is 0.938. The molecule has 2 unspecified atom stereocenters. The minimum absolute atomic E-state index is 0.0863. The van der Waals surface area contributed by atoms with Crippen LogP contribution in [-0.4, -0.2) is 17.3 Å². The lowest BCUT2D eigenvalue weighted by atomic mass is 9.91. The Hall–Kier alpha value is -1.28. The van der Waals surface area contributed by atoms with Gasteiger partial charge in [-0.2, -0.15) is 0 Å². The minimum atomic E-state index is -0.428. The van der Waals surface area contributed by atoms with E-state index >= 15 is 0 Å². The molecule has 17 heavy (non-hydrogen) atoms. The van der Waals surface area contributed by atoms with Gasteiger partial charge in [-0.15, -0.1) is 0 Å². The molecule has 0 radical (unpaired) electrons. The van der Waals surface area contributed by atoms with E-state index in [-0.39, 0.29) is 6.10 Å². The fraction of sp³-hybridized carbons (Fsp3) is 0.467. The summed E-state index contributed by atoms with van der Waals surface area (Å²) in [5.41, 5.74) is 2.39. The molecule has 0 bridgehead atoms. The van der Waals surface area contributed by atoms with Crippen molar-refractivity contribution in [2.24, 2.45) is 0 Å². The second kappa shape index (κ2) is 4.53. The van der Waals surface area contributed by atoms with Crippen molar-refractivity contribution < 1.29 is 9.84 Å². The topological polar surface area (TPSA) is 29.5 Å². The highest BCUT2D eigenvalue weighted by molar-refractivity contribution is 5.38. The lowest BCUT2D eigenvalue weighted by molar-refractivity contribution is 0.0713. The number of ether oxygens (including phenoxy) is 1. The zero-order valence-electron chi connectivity index (χ0n) is 9.93. The first kappa shape index (κ1) is 10.8. The van der Waals surface area contributed by atoms with E-state index in [0.29, 0.717) is 0 Å². The fourth-order valence-corrected chi connectivity index (χ4v) is 2.76. The maximum atomic E-state index is 10.4. The number of benzene rings is 1. The van der Waals surface area contributed by atoms with Crippen molar-refractivity contribution in [3.63, 3.8) is 0 Å². The molecule has 1 aliphatic heterocycles. The Morgan fingerprint density at radius 2 is 2.12 bits per heavy atom. The summed E-state index contributed by atoms with van der Waals surface area (Å²) in [6.45, 7) is 0. The molecule has 0 spiro atoms. The van der Waals surface area contributed by atoms with E-state index in [1.54, 1.807) is 0 Å². The molecule has 2 heteroatoms. The summed E-state index contributed by atoms with van der Waals surface area (Å²) in [6, 6.07) is 8.07. The third kappa shape index (κ3) is 2.09. The van der Waals surface area contributed by atoms with Gasteiger partial charge in [0.15, 0.2) is 0 Å². The van der Waals surface area contributed by atoms with Crippen molar-refractivity contribution in [2.45, 2.75) is 44.3 Å². The third-order valence-corrected chi connectivity index (χ3v) is 3.73. The van der Waals surface area contributed by atoms with Crippen LogP contribution in [-0.2, 0) is 6.42 Å². The van der Waals surface area contributed by atoms with Crippen LogP contribution >= 0.6 is 0 Å². The first-order chi connectivity index (χ1) is 8.34. The van der Waals surface area contributed by atoms with Crippen LogP contribution in [0.4, 0.5) is 0 Å². The molecular formula is C15H18O2. The standard InChI is InChI=1S/C15H18O2/c16-15(11-6-2-1-3-7-11)14-10-12-8-4-5-9-13(12)17-14/h4-6,8-9,14-16H,1-3,7,10H2. The van der Waals surface area contributed by atoms with Crippen molar-refractivity contribution in [1.82, 2.24) is 0 Å². The summed E-state index contributed by atoms with van der Waals surface area (Å²) >= 11 is 0. The lowest BCUT2D eigenvalue weighted by Gasteiger charge is -2.23. The van der Waals surface area contributed by atoms with Gasteiger partial charge in [-0.05, 0) is 42.9 Å². The average molecular weight is 230 g/mol. The van der Waals surface area contributed by atoms with Gasteiger partial charge in [0.1, 0.15) is 18.0 Å². The van der Waals surface area contributed by atoms with Gasteiger partial charge in [-0.25, -0.2) is 0 Å². The summed E-state index contributed by atoms with van der Waals surface area (Å²) in [6.07, 6.45) is 7.09. The maximum Gasteiger partial charge on any atom is 0.132 e. The molecule has 0 saturated carbocycles. The normalized spacial score (nSPS) is 24.8. The lowest BCUT2D eigenvalue weighted by Crippen LogP contribution is -2.32. The van der Waals surface area contributed by atoms with Crippen molar-refractivity contribution in [3.05, 3.63) is 41.5 Å². The van der Waals surface area contributed by atoms with E-state index in [0.717, 1.165) is 25.0 Å². The van der Waals surface area contributed by atoms with Crippen LogP contribution in [0.5, 0.6) is 5.75 Å². The summed E-state index contributed by atoms with van der Waals surface area (Å²) in [4.78, 5) is 0. The largest absolute Gasteiger partial charge is 0.487 e. The molecule has 1 aliphatic carbocycles. The molecule has 90 valence electrons. The molecule has 2 atom stereocenters. The van der Waals surface area contributed by atoms with Gasteiger partial charge in [0, 0.05) is 6.42 Å². The second-order valence-corrected chi connectivity index (χ2v) is 4.94. The van der Waals surface area contributed by atoms with Crippen molar-refractivity contribution in [2.75, 3.05) is 0 Å². The Morgan fingerprint density at radius 3 is 2.88 bits per heavy atom. The molecule has 0 amide bonds. The molecule has 2 aliphatic rings. The molecule has 0 aromatic heterocycles. The number of hydrogen-bond acceptors (Lipinski definition) is 2. The number of rotatable bonds is 2. The zero-order valence-corrected chi connectivity index (χ0v) is 9.93. The molecule has 3 rings (SSSR count). The maximum absolute atomic E-state index is 10.4. The molecule has 1 N–H and O–H groups in total. The SMILES string of the molecule is OC(C1=CCCCC1)C1Cc2ccccc2O1. The predicted octanol–water partition coefficient (Wildman–Crippen LogP) is 2.85. The van der Waals surface area contributed by atoms with Crippen LogP contribution in [0.15, 0.2) is 35.9 Å². The molecular weight excluding hydrogens is 212 g/mol. The Kier molecular flexibility index (Phi) is 2.89. The van der Waals surface area contributed by atoms with Crippen LogP contribution in [0.2, 0.25) is 0 Å². The van der Waals surface area contributed by atoms with Crippen molar-refractivity contribution in [3.8, 4) is 5.75 Å².